The molecule has 3 heteroatoms. The molecule has 1 heterocycles. The van der Waals surface area contributed by atoms with Gasteiger partial charge in [0, 0.05) is 19.6 Å². The highest BCUT2D eigenvalue weighted by Gasteiger charge is 2.26. The molecule has 1 aliphatic heterocycles. The van der Waals surface area contributed by atoms with Crippen molar-refractivity contribution in [2.24, 2.45) is 5.92 Å². The van der Waals surface area contributed by atoms with Crippen LogP contribution in [0.15, 0.2) is 24.3 Å². The maximum absolute atomic E-state index is 5.43. The third kappa shape index (κ3) is 2.55. The molecule has 2 rings (SSSR count). The van der Waals surface area contributed by atoms with E-state index in [1.165, 1.54) is 12.1 Å². The summed E-state index contributed by atoms with van der Waals surface area (Å²) in [6.45, 7) is 4.52. The van der Waals surface area contributed by atoms with Gasteiger partial charge in [-0.25, -0.2) is 0 Å². The molecule has 2 atom stereocenters. The van der Waals surface area contributed by atoms with Gasteiger partial charge in [0.1, 0.15) is 5.75 Å². The van der Waals surface area contributed by atoms with Gasteiger partial charge in [-0.3, -0.25) is 0 Å². The number of rotatable bonds is 3. The normalized spacial score (nSPS) is 24.4. The molecule has 17 heavy (non-hydrogen) atoms. The first-order valence-electron chi connectivity index (χ1n) is 6.30. The number of piperidine rings is 1. The molecule has 1 fully saturated rings. The Morgan fingerprint density at radius 1 is 1.35 bits per heavy atom. The van der Waals surface area contributed by atoms with Gasteiger partial charge in [-0.15, -0.1) is 0 Å². The van der Waals surface area contributed by atoms with Crippen LogP contribution < -0.4 is 15.0 Å². The summed E-state index contributed by atoms with van der Waals surface area (Å²) in [5, 5.41) is 3.47. The Labute approximate surface area is 104 Å². The van der Waals surface area contributed by atoms with E-state index >= 15 is 0 Å². The monoisotopic (exact) mass is 234 g/mol. The maximum Gasteiger partial charge on any atom is 0.142 e. The van der Waals surface area contributed by atoms with Crippen LogP contribution in [0.3, 0.4) is 0 Å². The lowest BCUT2D eigenvalue weighted by Gasteiger charge is -2.38. The van der Waals surface area contributed by atoms with Crippen molar-refractivity contribution in [1.82, 2.24) is 5.32 Å². The van der Waals surface area contributed by atoms with Crippen LogP contribution in [-0.4, -0.2) is 33.3 Å². The molecule has 1 aromatic rings. The molecule has 1 aromatic carbocycles. The number of nitrogens with zero attached hydrogens (tertiary/aromatic N) is 1. The first-order chi connectivity index (χ1) is 8.24. The summed E-state index contributed by atoms with van der Waals surface area (Å²) in [6, 6.07) is 8.76. The molecule has 1 aliphatic rings. The number of nitrogens with one attached hydrogen (secondary N) is 1. The summed E-state index contributed by atoms with van der Waals surface area (Å²) in [4.78, 5) is 2.34. The minimum atomic E-state index is 0.542. The van der Waals surface area contributed by atoms with E-state index in [1.807, 2.05) is 12.1 Å². The predicted molar refractivity (Wildman–Crippen MR) is 71.8 cm³/mol. The van der Waals surface area contributed by atoms with Gasteiger partial charge in [0.25, 0.3) is 0 Å². The minimum Gasteiger partial charge on any atom is -0.495 e. The number of hydrogen-bond donors (Lipinski definition) is 1. The number of hydrogen-bond acceptors (Lipinski definition) is 3. The molecule has 3 nitrogen and oxygen atoms in total. The molecule has 0 amide bonds. The Balaban J connectivity index is 2.20. The smallest absolute Gasteiger partial charge is 0.142 e. The Hall–Kier alpha value is -1.22. The molecule has 0 aliphatic carbocycles. The molecule has 0 saturated carbocycles. The lowest BCUT2D eigenvalue weighted by atomic mass is 9.93. The van der Waals surface area contributed by atoms with Crippen LogP contribution in [0.1, 0.15) is 13.3 Å². The van der Waals surface area contributed by atoms with E-state index in [9.17, 15) is 0 Å². The van der Waals surface area contributed by atoms with Gasteiger partial charge < -0.3 is 15.0 Å². The fourth-order valence-electron chi connectivity index (χ4n) is 2.59. The second kappa shape index (κ2) is 5.41. The summed E-state index contributed by atoms with van der Waals surface area (Å²) in [7, 11) is 3.89. The molecule has 1 saturated heterocycles. The largest absolute Gasteiger partial charge is 0.495 e. The second-order valence-corrected chi connectivity index (χ2v) is 4.82. The van der Waals surface area contributed by atoms with Crippen LogP contribution in [0.2, 0.25) is 0 Å². The fraction of sp³-hybridized carbons (Fsp3) is 0.571. The third-order valence-electron chi connectivity index (χ3n) is 3.75. The lowest BCUT2D eigenvalue weighted by Crippen LogP contribution is -2.49. The molecule has 0 aromatic heterocycles. The van der Waals surface area contributed by atoms with E-state index in [2.05, 4.69) is 36.3 Å². The molecular weight excluding hydrogens is 212 g/mol. The van der Waals surface area contributed by atoms with Crippen molar-refractivity contribution >= 4 is 5.69 Å². The van der Waals surface area contributed by atoms with E-state index in [0.717, 1.165) is 18.8 Å². The summed E-state index contributed by atoms with van der Waals surface area (Å²) in [6.07, 6.45) is 1.24. The van der Waals surface area contributed by atoms with Crippen molar-refractivity contribution < 1.29 is 4.74 Å². The van der Waals surface area contributed by atoms with E-state index in [1.54, 1.807) is 7.11 Å². The SMILES string of the molecule is COc1ccccc1N(C)C1CNCCC1C. The van der Waals surface area contributed by atoms with E-state index in [4.69, 9.17) is 4.74 Å². The average molecular weight is 234 g/mol. The maximum atomic E-state index is 5.43. The molecule has 94 valence electrons. The van der Waals surface area contributed by atoms with Crippen LogP contribution in [0.5, 0.6) is 5.75 Å². The Kier molecular flexibility index (Phi) is 3.89. The summed E-state index contributed by atoms with van der Waals surface area (Å²) in [5.41, 5.74) is 1.18. The van der Waals surface area contributed by atoms with Gasteiger partial charge in [-0.1, -0.05) is 19.1 Å². The highest BCUT2D eigenvalue weighted by Crippen LogP contribution is 2.30. The first kappa shape index (κ1) is 12.2. The topological polar surface area (TPSA) is 24.5 Å². The average Bonchev–Trinajstić information content (AvgIpc) is 2.38. The summed E-state index contributed by atoms with van der Waals surface area (Å²) < 4.78 is 5.43. The number of likely N-dealkylation sites (N-methyl/N-ethyl adjacent to an activating group) is 1. The van der Waals surface area contributed by atoms with E-state index in [-0.39, 0.29) is 0 Å². The van der Waals surface area contributed by atoms with Crippen LogP contribution in [0.4, 0.5) is 5.69 Å². The Morgan fingerprint density at radius 2 is 2.12 bits per heavy atom. The quantitative estimate of drug-likeness (QED) is 0.867. The summed E-state index contributed by atoms with van der Waals surface area (Å²) >= 11 is 0. The number of para-hydroxylation sites is 2. The Morgan fingerprint density at radius 3 is 2.82 bits per heavy atom. The number of anilines is 1. The van der Waals surface area contributed by atoms with E-state index < -0.39 is 0 Å². The van der Waals surface area contributed by atoms with Crippen LogP contribution in [0.25, 0.3) is 0 Å². The minimum absolute atomic E-state index is 0.542. The van der Waals surface area contributed by atoms with Crippen molar-refractivity contribution in [2.75, 3.05) is 32.1 Å². The number of ether oxygens (including phenoxy) is 1. The van der Waals surface area contributed by atoms with Crippen molar-refractivity contribution in [2.45, 2.75) is 19.4 Å². The zero-order valence-corrected chi connectivity index (χ0v) is 10.9. The highest BCUT2D eigenvalue weighted by molar-refractivity contribution is 5.58. The Bertz CT molecular complexity index is 367. The van der Waals surface area contributed by atoms with Gasteiger partial charge in [0.2, 0.25) is 0 Å². The van der Waals surface area contributed by atoms with Crippen molar-refractivity contribution in [3.8, 4) is 5.75 Å². The predicted octanol–water partition coefficient (Wildman–Crippen LogP) is 2.13. The van der Waals surface area contributed by atoms with Crippen LogP contribution >= 0.6 is 0 Å². The first-order valence-corrected chi connectivity index (χ1v) is 6.30. The zero-order valence-electron chi connectivity index (χ0n) is 10.9. The highest BCUT2D eigenvalue weighted by atomic mass is 16.5. The molecule has 1 N–H and O–H groups in total. The van der Waals surface area contributed by atoms with Gasteiger partial charge in [-0.05, 0) is 31.0 Å². The molecular formula is C14H22N2O. The fourth-order valence-corrected chi connectivity index (χ4v) is 2.59. The molecule has 0 bridgehead atoms. The number of methoxy groups -OCH3 is 1. The van der Waals surface area contributed by atoms with E-state index in [0.29, 0.717) is 12.0 Å². The second-order valence-electron chi connectivity index (χ2n) is 4.82. The van der Waals surface area contributed by atoms with Crippen LogP contribution in [-0.2, 0) is 0 Å². The summed E-state index contributed by atoms with van der Waals surface area (Å²) in [5.74, 6) is 1.67. The van der Waals surface area contributed by atoms with Gasteiger partial charge in [0.15, 0.2) is 0 Å². The molecule has 2 unspecified atom stereocenters. The number of benzene rings is 1. The van der Waals surface area contributed by atoms with Gasteiger partial charge >= 0.3 is 0 Å². The van der Waals surface area contributed by atoms with Crippen molar-refractivity contribution in [3.63, 3.8) is 0 Å². The zero-order chi connectivity index (χ0) is 12.3. The van der Waals surface area contributed by atoms with Crippen LogP contribution in [0, 0.1) is 5.92 Å². The molecule has 0 spiro atoms. The lowest BCUT2D eigenvalue weighted by molar-refractivity contribution is 0.335. The van der Waals surface area contributed by atoms with Crippen molar-refractivity contribution in [3.05, 3.63) is 24.3 Å². The molecule has 0 radical (unpaired) electrons. The van der Waals surface area contributed by atoms with Gasteiger partial charge in [0.05, 0.1) is 12.8 Å². The van der Waals surface area contributed by atoms with Gasteiger partial charge in [-0.2, -0.15) is 0 Å². The third-order valence-corrected chi connectivity index (χ3v) is 3.75. The van der Waals surface area contributed by atoms with Crippen molar-refractivity contribution in [1.29, 1.82) is 0 Å². The standard InChI is InChI=1S/C14H22N2O/c1-11-8-9-15-10-13(11)16(2)12-6-4-5-7-14(12)17-3/h4-7,11,13,15H,8-10H2,1-3H3.